The highest BCUT2D eigenvalue weighted by molar-refractivity contribution is 5.72. The van der Waals surface area contributed by atoms with Crippen LogP contribution in [0.15, 0.2) is 59.9 Å². The van der Waals surface area contributed by atoms with Crippen LogP contribution in [0, 0.1) is 11.6 Å². The molecule has 29 heavy (non-hydrogen) atoms. The lowest BCUT2D eigenvalue weighted by Crippen LogP contribution is -2.23. The zero-order valence-electron chi connectivity index (χ0n) is 15.1. The van der Waals surface area contributed by atoms with E-state index in [1.54, 1.807) is 18.3 Å². The quantitative estimate of drug-likeness (QED) is 0.536. The number of aromatic nitrogens is 4. The van der Waals surface area contributed by atoms with Crippen molar-refractivity contribution in [2.75, 3.05) is 0 Å². The van der Waals surface area contributed by atoms with Gasteiger partial charge in [0.15, 0.2) is 5.52 Å². The Labute approximate surface area is 164 Å². The molecule has 1 aliphatic carbocycles. The van der Waals surface area contributed by atoms with Gasteiger partial charge in [-0.15, -0.1) is 0 Å². The van der Waals surface area contributed by atoms with Crippen LogP contribution in [0.1, 0.15) is 16.8 Å². The van der Waals surface area contributed by atoms with Crippen LogP contribution in [0.4, 0.5) is 8.78 Å². The Morgan fingerprint density at radius 1 is 1.03 bits per heavy atom. The van der Waals surface area contributed by atoms with E-state index < -0.39 is 17.2 Å². The second-order valence-corrected chi connectivity index (χ2v) is 6.83. The monoisotopic (exact) mass is 388 g/mol. The summed E-state index contributed by atoms with van der Waals surface area (Å²) in [7, 11) is 0. The Hall–Kier alpha value is -3.74. The highest BCUT2D eigenvalue weighted by Crippen LogP contribution is 2.28. The fourth-order valence-corrected chi connectivity index (χ4v) is 3.47. The van der Waals surface area contributed by atoms with Gasteiger partial charge in [-0.05, 0) is 41.5 Å². The van der Waals surface area contributed by atoms with E-state index in [9.17, 15) is 13.6 Å². The van der Waals surface area contributed by atoms with E-state index in [0.717, 1.165) is 22.2 Å². The lowest BCUT2D eigenvalue weighted by molar-refractivity contribution is 0.541. The molecule has 0 spiro atoms. The predicted molar refractivity (Wildman–Crippen MR) is 105 cm³/mol. The summed E-state index contributed by atoms with van der Waals surface area (Å²) in [5.41, 5.74) is 2.86. The summed E-state index contributed by atoms with van der Waals surface area (Å²) in [6.45, 7) is -0.276. The normalized spacial score (nSPS) is 12.5. The molecule has 0 radical (unpaired) electrons. The van der Waals surface area contributed by atoms with Crippen LogP contribution in [-0.4, -0.2) is 19.5 Å². The third-order valence-corrected chi connectivity index (χ3v) is 5.00. The van der Waals surface area contributed by atoms with Crippen LogP contribution in [0.5, 0.6) is 0 Å². The average molecular weight is 388 g/mol. The Kier molecular flexibility index (Phi) is 4.01. The summed E-state index contributed by atoms with van der Waals surface area (Å²) in [5, 5.41) is 0. The summed E-state index contributed by atoms with van der Waals surface area (Å²) >= 11 is 0. The van der Waals surface area contributed by atoms with Crippen LogP contribution in [0.2, 0.25) is 0 Å². The smallest absolute Gasteiger partial charge is 0.280 e. The van der Waals surface area contributed by atoms with Crippen molar-refractivity contribution in [2.24, 2.45) is 0 Å². The van der Waals surface area contributed by atoms with Crippen LogP contribution in [-0.2, 0) is 13.0 Å². The molecule has 0 aliphatic heterocycles. The van der Waals surface area contributed by atoms with Crippen molar-refractivity contribution < 1.29 is 8.78 Å². The summed E-state index contributed by atoms with van der Waals surface area (Å²) in [6, 6.07) is 7.71. The number of nitrogens with zero attached hydrogens (tertiary/aromatic N) is 4. The van der Waals surface area contributed by atoms with Gasteiger partial charge >= 0.3 is 0 Å². The van der Waals surface area contributed by atoms with Crippen molar-refractivity contribution in [3.63, 3.8) is 0 Å². The van der Waals surface area contributed by atoms with Crippen LogP contribution in [0.25, 0.3) is 28.2 Å². The number of hydrogen-bond acceptors (Lipinski definition) is 4. The van der Waals surface area contributed by atoms with Gasteiger partial charge in [-0.2, -0.15) is 0 Å². The number of fused-ring (bicyclic) bond motifs is 2. The molecule has 0 amide bonds. The van der Waals surface area contributed by atoms with Crippen molar-refractivity contribution in [1.82, 2.24) is 19.5 Å². The van der Waals surface area contributed by atoms with E-state index in [2.05, 4.69) is 15.0 Å². The fourth-order valence-electron chi connectivity index (χ4n) is 3.47. The topological polar surface area (TPSA) is 60.7 Å². The maximum absolute atomic E-state index is 14.8. The Morgan fingerprint density at radius 3 is 2.69 bits per heavy atom. The van der Waals surface area contributed by atoms with Gasteiger partial charge in [0.1, 0.15) is 11.6 Å². The molecule has 0 saturated heterocycles. The first-order valence-electron chi connectivity index (χ1n) is 9.04. The molecule has 5 rings (SSSR count). The molecule has 1 aromatic carbocycles. The zero-order chi connectivity index (χ0) is 20.0. The molecule has 0 atom stereocenters. The molecule has 0 unspecified atom stereocenters. The molecule has 0 saturated carbocycles. The third kappa shape index (κ3) is 3.00. The number of halogens is 2. The Bertz CT molecular complexity index is 1340. The zero-order valence-corrected chi connectivity index (χ0v) is 15.1. The first-order chi connectivity index (χ1) is 14.1. The molecule has 5 nitrogen and oxygen atoms in total. The summed E-state index contributed by atoms with van der Waals surface area (Å²) in [6.07, 6.45) is 9.07. The van der Waals surface area contributed by atoms with Gasteiger partial charge < -0.3 is 0 Å². The molecule has 0 N–H and O–H groups in total. The highest BCUT2D eigenvalue weighted by atomic mass is 19.1. The maximum Gasteiger partial charge on any atom is 0.280 e. The van der Waals surface area contributed by atoms with E-state index in [1.165, 1.54) is 24.7 Å². The highest BCUT2D eigenvalue weighted by Gasteiger charge is 2.16. The Balaban J connectivity index is 1.53. The number of hydrogen-bond donors (Lipinski definition) is 0. The lowest BCUT2D eigenvalue weighted by atomic mass is 10.0. The van der Waals surface area contributed by atoms with E-state index in [-0.39, 0.29) is 17.6 Å². The van der Waals surface area contributed by atoms with Crippen molar-refractivity contribution in [3.8, 4) is 11.1 Å². The molecule has 0 fully saturated rings. The van der Waals surface area contributed by atoms with E-state index in [1.807, 2.05) is 18.2 Å². The summed E-state index contributed by atoms with van der Waals surface area (Å²) in [4.78, 5) is 25.1. The predicted octanol–water partition coefficient (Wildman–Crippen LogP) is 3.75. The largest absolute Gasteiger partial charge is 0.293 e. The Morgan fingerprint density at radius 2 is 1.86 bits per heavy atom. The standard InChI is InChI=1S/C22H14F2N4O/c23-17-8-14(15-7-13-3-1-4-19(13)26-10-15)9-18(24)16(17)11-28-12-27-20-5-2-6-25-21(20)22(28)29/h1-3,5-10,12H,4,11H2. The second kappa shape index (κ2) is 6.70. The summed E-state index contributed by atoms with van der Waals surface area (Å²) < 4.78 is 30.7. The second-order valence-electron chi connectivity index (χ2n) is 6.83. The van der Waals surface area contributed by atoms with Gasteiger partial charge in [0.2, 0.25) is 0 Å². The van der Waals surface area contributed by atoms with Gasteiger partial charge in [-0.1, -0.05) is 12.2 Å². The van der Waals surface area contributed by atoms with E-state index in [0.29, 0.717) is 16.6 Å². The summed E-state index contributed by atoms with van der Waals surface area (Å²) in [5.74, 6) is -1.46. The molecule has 4 aromatic rings. The van der Waals surface area contributed by atoms with Crippen molar-refractivity contribution in [2.45, 2.75) is 13.0 Å². The van der Waals surface area contributed by atoms with Gasteiger partial charge in [0.05, 0.1) is 24.1 Å². The van der Waals surface area contributed by atoms with Crippen molar-refractivity contribution >= 4 is 17.1 Å². The lowest BCUT2D eigenvalue weighted by Gasteiger charge is -2.11. The minimum absolute atomic E-state index is 0.157. The molecule has 3 heterocycles. The average Bonchev–Trinajstić information content (AvgIpc) is 3.20. The number of rotatable bonds is 3. The molecule has 142 valence electrons. The van der Waals surface area contributed by atoms with Crippen LogP contribution in [0.3, 0.4) is 0 Å². The minimum atomic E-state index is -0.732. The third-order valence-electron chi connectivity index (χ3n) is 5.00. The molecule has 3 aromatic heterocycles. The number of allylic oxidation sites excluding steroid dienone is 1. The molecular formula is C22H14F2N4O. The molecule has 7 heteroatoms. The van der Waals surface area contributed by atoms with Gasteiger partial charge in [-0.25, -0.2) is 18.7 Å². The maximum atomic E-state index is 14.8. The minimum Gasteiger partial charge on any atom is -0.293 e. The molecule has 0 bridgehead atoms. The van der Waals surface area contributed by atoms with Gasteiger partial charge in [0.25, 0.3) is 5.56 Å². The first-order valence-corrected chi connectivity index (χ1v) is 9.04. The van der Waals surface area contributed by atoms with E-state index in [4.69, 9.17) is 0 Å². The molecular weight excluding hydrogens is 374 g/mol. The number of pyridine rings is 2. The molecule has 1 aliphatic rings. The number of benzene rings is 1. The first kappa shape index (κ1) is 17.4. The van der Waals surface area contributed by atoms with Crippen LogP contribution < -0.4 is 5.56 Å². The SMILES string of the molecule is O=c1c2ncccc2ncn1Cc1c(F)cc(-c2cnc3c(c2)C=CC3)cc1F. The van der Waals surface area contributed by atoms with Gasteiger partial charge in [-0.3, -0.25) is 14.3 Å². The van der Waals surface area contributed by atoms with Gasteiger partial charge in [0, 0.05) is 29.9 Å². The van der Waals surface area contributed by atoms with Crippen molar-refractivity contribution in [1.29, 1.82) is 0 Å². The van der Waals surface area contributed by atoms with Crippen molar-refractivity contribution in [3.05, 3.63) is 93.9 Å². The van der Waals surface area contributed by atoms with E-state index >= 15 is 0 Å². The fraction of sp³-hybridized carbons (Fsp3) is 0.0909. The van der Waals surface area contributed by atoms with Crippen LogP contribution >= 0.6 is 0 Å².